The molecule has 0 spiro atoms. The van der Waals surface area contributed by atoms with Crippen molar-refractivity contribution in [2.45, 2.75) is 58.5 Å². The lowest BCUT2D eigenvalue weighted by Gasteiger charge is -2.19. The third-order valence-corrected chi connectivity index (χ3v) is 3.72. The zero-order chi connectivity index (χ0) is 12.7. The topological polar surface area (TPSA) is 59.0 Å². The molecule has 0 bridgehead atoms. The summed E-state index contributed by atoms with van der Waals surface area (Å²) in [6, 6.07) is 2.33. The standard InChI is InChI=1S/C14H26N2O/c1-14(2,11-16)8-3-4-9-17-13-7-5-6-12(13)10-15/h12-13H,3-10,15H2,1-2H3. The first kappa shape index (κ1) is 14.5. The second kappa shape index (κ2) is 6.98. The van der Waals surface area contributed by atoms with Gasteiger partial charge in [0.1, 0.15) is 0 Å². The van der Waals surface area contributed by atoms with Crippen LogP contribution in [0.4, 0.5) is 0 Å². The summed E-state index contributed by atoms with van der Waals surface area (Å²) in [7, 11) is 0. The number of nitrogens with two attached hydrogens (primary N) is 1. The summed E-state index contributed by atoms with van der Waals surface area (Å²) >= 11 is 0. The summed E-state index contributed by atoms with van der Waals surface area (Å²) in [6.45, 7) is 5.57. The number of nitriles is 1. The molecule has 1 rings (SSSR count). The highest BCUT2D eigenvalue weighted by Crippen LogP contribution is 2.28. The van der Waals surface area contributed by atoms with Gasteiger partial charge in [-0.3, -0.25) is 0 Å². The molecule has 1 aliphatic carbocycles. The minimum Gasteiger partial charge on any atom is -0.378 e. The fourth-order valence-electron chi connectivity index (χ4n) is 2.45. The Kier molecular flexibility index (Phi) is 5.94. The maximum absolute atomic E-state index is 8.89. The highest BCUT2D eigenvalue weighted by molar-refractivity contribution is 4.91. The number of hydrogen-bond donors (Lipinski definition) is 1. The van der Waals surface area contributed by atoms with Crippen molar-refractivity contribution in [2.75, 3.05) is 13.2 Å². The van der Waals surface area contributed by atoms with Gasteiger partial charge in [0.15, 0.2) is 0 Å². The summed E-state index contributed by atoms with van der Waals surface area (Å²) < 4.78 is 5.89. The summed E-state index contributed by atoms with van der Waals surface area (Å²) in [5.41, 5.74) is 5.53. The van der Waals surface area contributed by atoms with Crippen LogP contribution in [0.5, 0.6) is 0 Å². The number of rotatable bonds is 7. The first-order chi connectivity index (χ1) is 8.09. The Hall–Kier alpha value is -0.590. The minimum absolute atomic E-state index is 0.187. The molecule has 0 aromatic carbocycles. The molecule has 0 saturated heterocycles. The zero-order valence-corrected chi connectivity index (χ0v) is 11.2. The average Bonchev–Trinajstić information content (AvgIpc) is 2.76. The van der Waals surface area contributed by atoms with E-state index in [4.69, 9.17) is 15.7 Å². The van der Waals surface area contributed by atoms with E-state index in [0.717, 1.165) is 32.4 Å². The van der Waals surface area contributed by atoms with Crippen molar-refractivity contribution in [3.63, 3.8) is 0 Å². The van der Waals surface area contributed by atoms with Gasteiger partial charge in [-0.25, -0.2) is 0 Å². The molecule has 3 heteroatoms. The van der Waals surface area contributed by atoms with E-state index >= 15 is 0 Å². The van der Waals surface area contributed by atoms with Gasteiger partial charge in [0, 0.05) is 6.61 Å². The van der Waals surface area contributed by atoms with Crippen molar-refractivity contribution in [1.29, 1.82) is 5.26 Å². The van der Waals surface area contributed by atoms with Crippen molar-refractivity contribution in [1.82, 2.24) is 0 Å². The molecule has 3 nitrogen and oxygen atoms in total. The zero-order valence-electron chi connectivity index (χ0n) is 11.2. The third kappa shape index (κ3) is 5.06. The quantitative estimate of drug-likeness (QED) is 0.694. The first-order valence-corrected chi connectivity index (χ1v) is 6.82. The van der Waals surface area contributed by atoms with Crippen molar-refractivity contribution in [2.24, 2.45) is 17.1 Å². The van der Waals surface area contributed by atoms with E-state index in [9.17, 15) is 0 Å². The van der Waals surface area contributed by atoms with Crippen LogP contribution in [-0.4, -0.2) is 19.3 Å². The Labute approximate surface area is 105 Å². The predicted molar refractivity (Wildman–Crippen MR) is 69.4 cm³/mol. The van der Waals surface area contributed by atoms with E-state index in [1.54, 1.807) is 0 Å². The van der Waals surface area contributed by atoms with Gasteiger partial charge in [0.25, 0.3) is 0 Å². The Morgan fingerprint density at radius 1 is 1.35 bits per heavy atom. The van der Waals surface area contributed by atoms with Gasteiger partial charge in [-0.1, -0.05) is 6.42 Å². The van der Waals surface area contributed by atoms with Crippen molar-refractivity contribution >= 4 is 0 Å². The molecule has 0 heterocycles. The van der Waals surface area contributed by atoms with E-state index in [1.165, 1.54) is 19.3 Å². The van der Waals surface area contributed by atoms with E-state index in [0.29, 0.717) is 12.0 Å². The van der Waals surface area contributed by atoms with Crippen LogP contribution >= 0.6 is 0 Å². The van der Waals surface area contributed by atoms with E-state index < -0.39 is 0 Å². The lowest BCUT2D eigenvalue weighted by Crippen LogP contribution is -2.25. The second-order valence-corrected chi connectivity index (χ2v) is 5.79. The van der Waals surface area contributed by atoms with Gasteiger partial charge >= 0.3 is 0 Å². The molecule has 0 aliphatic heterocycles. The lowest BCUT2D eigenvalue weighted by molar-refractivity contribution is 0.0273. The van der Waals surface area contributed by atoms with Crippen LogP contribution in [0.15, 0.2) is 0 Å². The van der Waals surface area contributed by atoms with Crippen LogP contribution < -0.4 is 5.73 Å². The van der Waals surface area contributed by atoms with E-state index in [1.807, 2.05) is 13.8 Å². The van der Waals surface area contributed by atoms with Gasteiger partial charge in [0.2, 0.25) is 0 Å². The summed E-state index contributed by atoms with van der Waals surface area (Å²) in [4.78, 5) is 0. The molecule has 1 aliphatic rings. The van der Waals surface area contributed by atoms with Crippen LogP contribution in [-0.2, 0) is 4.74 Å². The number of nitrogens with zero attached hydrogens (tertiary/aromatic N) is 1. The molecular weight excluding hydrogens is 212 g/mol. The Morgan fingerprint density at radius 3 is 2.76 bits per heavy atom. The average molecular weight is 238 g/mol. The largest absolute Gasteiger partial charge is 0.378 e. The van der Waals surface area contributed by atoms with Crippen molar-refractivity contribution in [3.05, 3.63) is 0 Å². The molecule has 2 atom stereocenters. The van der Waals surface area contributed by atoms with E-state index in [-0.39, 0.29) is 5.41 Å². The Bertz CT molecular complexity index is 257. The molecule has 1 fully saturated rings. The Balaban J connectivity index is 2.07. The second-order valence-electron chi connectivity index (χ2n) is 5.79. The molecule has 0 amide bonds. The maximum Gasteiger partial charge on any atom is 0.0683 e. The van der Waals surface area contributed by atoms with Gasteiger partial charge in [-0.15, -0.1) is 0 Å². The first-order valence-electron chi connectivity index (χ1n) is 6.82. The van der Waals surface area contributed by atoms with Crippen molar-refractivity contribution < 1.29 is 4.74 Å². The van der Waals surface area contributed by atoms with Crippen LogP contribution in [0.3, 0.4) is 0 Å². The molecule has 0 aromatic rings. The maximum atomic E-state index is 8.89. The van der Waals surface area contributed by atoms with Crippen molar-refractivity contribution in [3.8, 4) is 6.07 Å². The molecule has 2 N–H and O–H groups in total. The molecule has 17 heavy (non-hydrogen) atoms. The number of hydrogen-bond acceptors (Lipinski definition) is 3. The normalized spacial score (nSPS) is 24.8. The number of ether oxygens (including phenoxy) is 1. The SMILES string of the molecule is CC(C)(C#N)CCCCOC1CCCC1CN. The highest BCUT2D eigenvalue weighted by Gasteiger charge is 2.26. The Morgan fingerprint density at radius 2 is 2.12 bits per heavy atom. The van der Waals surface area contributed by atoms with Crippen LogP contribution in [0.25, 0.3) is 0 Å². The van der Waals surface area contributed by atoms with E-state index in [2.05, 4.69) is 6.07 Å². The fourth-order valence-corrected chi connectivity index (χ4v) is 2.45. The van der Waals surface area contributed by atoms with Gasteiger partial charge in [0.05, 0.1) is 17.6 Å². The molecule has 1 saturated carbocycles. The lowest BCUT2D eigenvalue weighted by atomic mass is 9.89. The van der Waals surface area contributed by atoms with Crippen LogP contribution in [0, 0.1) is 22.7 Å². The summed E-state index contributed by atoms with van der Waals surface area (Å²) in [5, 5.41) is 8.89. The van der Waals surface area contributed by atoms with Crippen LogP contribution in [0.1, 0.15) is 52.4 Å². The number of unbranched alkanes of at least 4 members (excludes halogenated alkanes) is 1. The fraction of sp³-hybridized carbons (Fsp3) is 0.929. The molecule has 98 valence electrons. The summed E-state index contributed by atoms with van der Waals surface area (Å²) in [5.74, 6) is 0.575. The van der Waals surface area contributed by atoms with Gasteiger partial charge in [-0.05, 0) is 58.4 Å². The van der Waals surface area contributed by atoms with Gasteiger partial charge < -0.3 is 10.5 Å². The molecule has 2 unspecified atom stereocenters. The highest BCUT2D eigenvalue weighted by atomic mass is 16.5. The smallest absolute Gasteiger partial charge is 0.0683 e. The molecule has 0 aromatic heterocycles. The third-order valence-electron chi connectivity index (χ3n) is 3.72. The predicted octanol–water partition coefficient (Wildman–Crippen LogP) is 2.85. The van der Waals surface area contributed by atoms with Crippen LogP contribution in [0.2, 0.25) is 0 Å². The molecular formula is C14H26N2O. The molecule has 0 radical (unpaired) electrons. The van der Waals surface area contributed by atoms with Gasteiger partial charge in [-0.2, -0.15) is 5.26 Å². The minimum atomic E-state index is -0.187. The monoisotopic (exact) mass is 238 g/mol. The summed E-state index contributed by atoms with van der Waals surface area (Å²) in [6.07, 6.45) is 7.13.